The van der Waals surface area contributed by atoms with E-state index in [9.17, 15) is 0 Å². The molecule has 0 radical (unpaired) electrons. The van der Waals surface area contributed by atoms with Gasteiger partial charge >= 0.3 is 0 Å². The number of benzene rings is 1. The van der Waals surface area contributed by atoms with E-state index in [4.69, 9.17) is 0 Å². The quantitative estimate of drug-likeness (QED) is 0.781. The first-order chi connectivity index (χ1) is 10.3. The molecule has 4 heteroatoms. The van der Waals surface area contributed by atoms with Gasteiger partial charge in [-0.05, 0) is 24.1 Å². The first kappa shape index (κ1) is 13.8. The number of nitrogens with zero attached hydrogens (tertiary/aromatic N) is 3. The van der Waals surface area contributed by atoms with E-state index in [2.05, 4.69) is 52.8 Å². The van der Waals surface area contributed by atoms with Crippen LogP contribution in [0.5, 0.6) is 0 Å². The number of rotatable bonds is 5. The standard InChI is InChI=1S/C17H20N4/c1-3-16-14(12-21(2)20-16)11-18-10-13-8-9-19-17-7-5-4-6-15(13)17/h4-9,12,18H,3,10-11H2,1-2H3. The third kappa shape index (κ3) is 2.95. The maximum absolute atomic E-state index is 4.47. The zero-order valence-corrected chi connectivity index (χ0v) is 12.5. The van der Waals surface area contributed by atoms with Gasteiger partial charge in [0, 0.05) is 43.5 Å². The van der Waals surface area contributed by atoms with Crippen molar-refractivity contribution in [2.24, 2.45) is 7.05 Å². The summed E-state index contributed by atoms with van der Waals surface area (Å²) in [7, 11) is 1.97. The highest BCUT2D eigenvalue weighted by Crippen LogP contribution is 2.16. The first-order valence-electron chi connectivity index (χ1n) is 7.32. The predicted octanol–water partition coefficient (Wildman–Crippen LogP) is 2.82. The van der Waals surface area contributed by atoms with Crippen LogP contribution in [-0.2, 0) is 26.6 Å². The van der Waals surface area contributed by atoms with Crippen LogP contribution in [0.2, 0.25) is 0 Å². The van der Waals surface area contributed by atoms with Gasteiger partial charge < -0.3 is 5.32 Å². The number of aryl methyl sites for hydroxylation is 2. The second-order valence-corrected chi connectivity index (χ2v) is 5.22. The molecule has 2 heterocycles. The van der Waals surface area contributed by atoms with Gasteiger partial charge in [0.05, 0.1) is 11.2 Å². The average molecular weight is 280 g/mol. The average Bonchev–Trinajstić information content (AvgIpc) is 2.87. The Balaban J connectivity index is 1.72. The number of aromatic nitrogens is 3. The zero-order valence-electron chi connectivity index (χ0n) is 12.5. The fourth-order valence-electron chi connectivity index (χ4n) is 2.67. The molecule has 0 bridgehead atoms. The summed E-state index contributed by atoms with van der Waals surface area (Å²) in [4.78, 5) is 4.40. The number of hydrogen-bond acceptors (Lipinski definition) is 3. The highest BCUT2D eigenvalue weighted by Gasteiger charge is 2.06. The van der Waals surface area contributed by atoms with Crippen molar-refractivity contribution < 1.29 is 0 Å². The van der Waals surface area contributed by atoms with E-state index in [1.165, 1.54) is 22.2 Å². The van der Waals surface area contributed by atoms with Crippen molar-refractivity contribution in [3.05, 3.63) is 59.5 Å². The van der Waals surface area contributed by atoms with Crippen molar-refractivity contribution in [1.29, 1.82) is 0 Å². The Morgan fingerprint density at radius 3 is 2.76 bits per heavy atom. The van der Waals surface area contributed by atoms with Crippen LogP contribution >= 0.6 is 0 Å². The van der Waals surface area contributed by atoms with E-state index in [0.717, 1.165) is 25.0 Å². The van der Waals surface area contributed by atoms with Crippen LogP contribution in [-0.4, -0.2) is 14.8 Å². The van der Waals surface area contributed by atoms with Crippen molar-refractivity contribution >= 4 is 10.9 Å². The summed E-state index contributed by atoms with van der Waals surface area (Å²) >= 11 is 0. The fraction of sp³-hybridized carbons (Fsp3) is 0.294. The normalized spacial score (nSPS) is 11.1. The molecule has 4 nitrogen and oxygen atoms in total. The van der Waals surface area contributed by atoms with E-state index in [-0.39, 0.29) is 0 Å². The molecule has 108 valence electrons. The highest BCUT2D eigenvalue weighted by atomic mass is 15.3. The second-order valence-electron chi connectivity index (χ2n) is 5.22. The predicted molar refractivity (Wildman–Crippen MR) is 84.9 cm³/mol. The second kappa shape index (κ2) is 6.06. The minimum absolute atomic E-state index is 0.834. The van der Waals surface area contributed by atoms with Crippen LogP contribution in [0.15, 0.2) is 42.7 Å². The molecule has 0 saturated heterocycles. The Kier molecular flexibility index (Phi) is 3.97. The van der Waals surface area contributed by atoms with Crippen LogP contribution in [0.4, 0.5) is 0 Å². The lowest BCUT2D eigenvalue weighted by Gasteiger charge is -2.07. The molecule has 0 spiro atoms. The fourth-order valence-corrected chi connectivity index (χ4v) is 2.67. The van der Waals surface area contributed by atoms with Crippen LogP contribution in [0.3, 0.4) is 0 Å². The van der Waals surface area contributed by atoms with Gasteiger partial charge in [0.15, 0.2) is 0 Å². The van der Waals surface area contributed by atoms with Gasteiger partial charge in [0.1, 0.15) is 0 Å². The molecule has 0 atom stereocenters. The van der Waals surface area contributed by atoms with Gasteiger partial charge in [0.25, 0.3) is 0 Å². The van der Waals surface area contributed by atoms with Gasteiger partial charge in [-0.1, -0.05) is 25.1 Å². The van der Waals surface area contributed by atoms with Crippen molar-refractivity contribution in [2.45, 2.75) is 26.4 Å². The van der Waals surface area contributed by atoms with Crippen molar-refractivity contribution in [3.8, 4) is 0 Å². The summed E-state index contributed by atoms with van der Waals surface area (Å²) in [6.45, 7) is 3.82. The molecule has 0 aliphatic rings. The Morgan fingerprint density at radius 2 is 1.90 bits per heavy atom. The molecule has 0 aliphatic carbocycles. The maximum Gasteiger partial charge on any atom is 0.0705 e. The number of nitrogens with one attached hydrogen (secondary N) is 1. The molecule has 0 fully saturated rings. The number of fused-ring (bicyclic) bond motifs is 1. The molecule has 3 rings (SSSR count). The monoisotopic (exact) mass is 280 g/mol. The highest BCUT2D eigenvalue weighted by molar-refractivity contribution is 5.81. The third-order valence-electron chi connectivity index (χ3n) is 3.70. The molecule has 1 N–H and O–H groups in total. The Hall–Kier alpha value is -2.20. The molecule has 0 saturated carbocycles. The summed E-state index contributed by atoms with van der Waals surface area (Å²) < 4.78 is 1.89. The molecule has 0 unspecified atom stereocenters. The van der Waals surface area contributed by atoms with Crippen molar-refractivity contribution in [2.75, 3.05) is 0 Å². The number of hydrogen-bond donors (Lipinski definition) is 1. The Bertz CT molecular complexity index is 740. The van der Waals surface area contributed by atoms with Crippen molar-refractivity contribution in [3.63, 3.8) is 0 Å². The summed E-state index contributed by atoms with van der Waals surface area (Å²) in [5.41, 5.74) is 4.78. The summed E-state index contributed by atoms with van der Waals surface area (Å²) in [6, 6.07) is 10.3. The summed E-state index contributed by atoms with van der Waals surface area (Å²) in [6.07, 6.45) is 4.94. The molecule has 1 aromatic carbocycles. The maximum atomic E-state index is 4.47. The van der Waals surface area contributed by atoms with E-state index in [1.54, 1.807) is 0 Å². The minimum Gasteiger partial charge on any atom is -0.308 e. The van der Waals surface area contributed by atoms with Crippen LogP contribution in [0.1, 0.15) is 23.7 Å². The summed E-state index contributed by atoms with van der Waals surface area (Å²) in [5, 5.41) is 9.21. The molecular weight excluding hydrogens is 260 g/mol. The number of pyridine rings is 1. The smallest absolute Gasteiger partial charge is 0.0705 e. The Morgan fingerprint density at radius 1 is 1.10 bits per heavy atom. The molecule has 3 aromatic rings. The van der Waals surface area contributed by atoms with Gasteiger partial charge in [0.2, 0.25) is 0 Å². The van der Waals surface area contributed by atoms with Gasteiger partial charge in [-0.3, -0.25) is 9.67 Å². The van der Waals surface area contributed by atoms with Crippen LogP contribution in [0.25, 0.3) is 10.9 Å². The zero-order chi connectivity index (χ0) is 14.7. The SMILES string of the molecule is CCc1nn(C)cc1CNCc1ccnc2ccccc12. The molecule has 0 aliphatic heterocycles. The van der Waals surface area contributed by atoms with E-state index in [0.29, 0.717) is 0 Å². The van der Waals surface area contributed by atoms with Gasteiger partial charge in [-0.2, -0.15) is 5.10 Å². The van der Waals surface area contributed by atoms with Crippen LogP contribution in [0, 0.1) is 0 Å². The van der Waals surface area contributed by atoms with Gasteiger partial charge in [-0.15, -0.1) is 0 Å². The van der Waals surface area contributed by atoms with Crippen LogP contribution < -0.4 is 5.32 Å². The van der Waals surface area contributed by atoms with Gasteiger partial charge in [-0.25, -0.2) is 0 Å². The van der Waals surface area contributed by atoms with E-state index >= 15 is 0 Å². The third-order valence-corrected chi connectivity index (χ3v) is 3.70. The van der Waals surface area contributed by atoms with Crippen molar-refractivity contribution in [1.82, 2.24) is 20.1 Å². The Labute approximate surface area is 124 Å². The van der Waals surface area contributed by atoms with E-state index < -0.39 is 0 Å². The largest absolute Gasteiger partial charge is 0.308 e. The lowest BCUT2D eigenvalue weighted by Crippen LogP contribution is -2.13. The van der Waals surface area contributed by atoms with E-state index in [1.807, 2.05) is 24.0 Å². The summed E-state index contributed by atoms with van der Waals surface area (Å²) in [5.74, 6) is 0. The molecule has 2 aromatic heterocycles. The minimum atomic E-state index is 0.834. The molecule has 21 heavy (non-hydrogen) atoms. The first-order valence-corrected chi connectivity index (χ1v) is 7.32. The number of para-hydroxylation sites is 1. The lowest BCUT2D eigenvalue weighted by molar-refractivity contribution is 0.691. The lowest BCUT2D eigenvalue weighted by atomic mass is 10.1. The molecular formula is C17H20N4. The topological polar surface area (TPSA) is 42.7 Å². The molecule has 0 amide bonds.